The van der Waals surface area contributed by atoms with Crippen molar-refractivity contribution in [3.8, 4) is 0 Å². The number of carbonyl (C=O) groups excluding carboxylic acids is 1. The van der Waals surface area contributed by atoms with Crippen LogP contribution in [-0.2, 0) is 24.1 Å². The summed E-state index contributed by atoms with van der Waals surface area (Å²) in [5, 5.41) is 2.56. The van der Waals surface area contributed by atoms with Crippen molar-refractivity contribution in [2.45, 2.75) is 19.3 Å². The van der Waals surface area contributed by atoms with Gasteiger partial charge in [0, 0.05) is 19.9 Å². The van der Waals surface area contributed by atoms with Crippen LogP contribution >= 0.6 is 11.3 Å². The Balaban J connectivity index is 2.04. The van der Waals surface area contributed by atoms with Crippen molar-refractivity contribution in [3.63, 3.8) is 0 Å². The SMILES string of the molecule is COCc1ncsc1C(=O)NCc1ccnc(C(F)(F)F)c1. The summed E-state index contributed by atoms with van der Waals surface area (Å²) in [4.78, 5) is 19.7. The number of ether oxygens (including phenoxy) is 1. The Labute approximate surface area is 128 Å². The molecule has 0 aliphatic rings. The number of hydrogen-bond acceptors (Lipinski definition) is 5. The van der Waals surface area contributed by atoms with Gasteiger partial charge in [-0.3, -0.25) is 9.78 Å². The largest absolute Gasteiger partial charge is 0.433 e. The molecule has 2 heterocycles. The van der Waals surface area contributed by atoms with Crippen LogP contribution in [0.25, 0.3) is 0 Å². The van der Waals surface area contributed by atoms with E-state index in [9.17, 15) is 18.0 Å². The Morgan fingerprint density at radius 3 is 2.86 bits per heavy atom. The lowest BCUT2D eigenvalue weighted by atomic mass is 10.2. The van der Waals surface area contributed by atoms with Gasteiger partial charge < -0.3 is 10.1 Å². The van der Waals surface area contributed by atoms with Crippen molar-refractivity contribution >= 4 is 17.2 Å². The van der Waals surface area contributed by atoms with E-state index < -0.39 is 17.8 Å². The third-order valence-electron chi connectivity index (χ3n) is 2.70. The first-order chi connectivity index (χ1) is 10.4. The molecular weight excluding hydrogens is 319 g/mol. The number of halogens is 3. The molecule has 0 aliphatic heterocycles. The molecule has 0 aromatic carbocycles. The van der Waals surface area contributed by atoms with Crippen LogP contribution in [0.3, 0.4) is 0 Å². The first-order valence-electron chi connectivity index (χ1n) is 6.13. The maximum Gasteiger partial charge on any atom is 0.433 e. The Morgan fingerprint density at radius 1 is 1.41 bits per heavy atom. The van der Waals surface area contributed by atoms with E-state index in [1.807, 2.05) is 0 Å². The maximum atomic E-state index is 12.6. The summed E-state index contributed by atoms with van der Waals surface area (Å²) in [6, 6.07) is 2.32. The van der Waals surface area contributed by atoms with Crippen molar-refractivity contribution in [2.24, 2.45) is 0 Å². The summed E-state index contributed by atoms with van der Waals surface area (Å²) in [7, 11) is 1.48. The highest BCUT2D eigenvalue weighted by Crippen LogP contribution is 2.27. The van der Waals surface area contributed by atoms with Crippen LogP contribution in [0.2, 0.25) is 0 Å². The Morgan fingerprint density at radius 2 is 2.18 bits per heavy atom. The molecule has 0 saturated carbocycles. The molecular formula is C13H12F3N3O2S. The zero-order valence-electron chi connectivity index (χ0n) is 11.5. The molecule has 2 aromatic heterocycles. The zero-order valence-corrected chi connectivity index (χ0v) is 12.3. The van der Waals surface area contributed by atoms with E-state index >= 15 is 0 Å². The van der Waals surface area contributed by atoms with Gasteiger partial charge in [-0.15, -0.1) is 11.3 Å². The van der Waals surface area contributed by atoms with Crippen LogP contribution in [0, 0.1) is 0 Å². The summed E-state index contributed by atoms with van der Waals surface area (Å²) in [5.41, 5.74) is 1.33. The molecule has 118 valence electrons. The quantitative estimate of drug-likeness (QED) is 0.915. The monoisotopic (exact) mass is 331 g/mol. The van der Waals surface area contributed by atoms with Crippen LogP contribution in [0.4, 0.5) is 13.2 Å². The molecule has 0 saturated heterocycles. The Hall–Kier alpha value is -2.00. The number of thiazole rings is 1. The second-order valence-electron chi connectivity index (χ2n) is 4.29. The van der Waals surface area contributed by atoms with Crippen LogP contribution in [0.15, 0.2) is 23.8 Å². The lowest BCUT2D eigenvalue weighted by molar-refractivity contribution is -0.141. The fourth-order valence-corrected chi connectivity index (χ4v) is 2.41. The van der Waals surface area contributed by atoms with E-state index in [4.69, 9.17) is 4.74 Å². The predicted molar refractivity (Wildman–Crippen MR) is 73.2 cm³/mol. The number of pyridine rings is 1. The van der Waals surface area contributed by atoms with Crippen molar-refractivity contribution in [3.05, 3.63) is 45.7 Å². The summed E-state index contributed by atoms with van der Waals surface area (Å²) in [6.45, 7) is 0.161. The minimum atomic E-state index is -4.51. The van der Waals surface area contributed by atoms with E-state index in [-0.39, 0.29) is 13.2 Å². The first-order valence-corrected chi connectivity index (χ1v) is 7.01. The lowest BCUT2D eigenvalue weighted by Gasteiger charge is -2.08. The molecule has 9 heteroatoms. The number of hydrogen-bond donors (Lipinski definition) is 1. The molecule has 0 unspecified atom stereocenters. The highest BCUT2D eigenvalue weighted by molar-refractivity contribution is 7.11. The molecule has 22 heavy (non-hydrogen) atoms. The normalized spacial score (nSPS) is 11.5. The zero-order chi connectivity index (χ0) is 16.2. The second-order valence-corrected chi connectivity index (χ2v) is 5.15. The highest BCUT2D eigenvalue weighted by Gasteiger charge is 2.32. The molecule has 1 amide bonds. The van der Waals surface area contributed by atoms with E-state index in [0.29, 0.717) is 16.1 Å². The Bertz CT molecular complexity index is 658. The molecule has 0 spiro atoms. The van der Waals surface area contributed by atoms with Gasteiger partial charge in [0.2, 0.25) is 0 Å². The van der Waals surface area contributed by atoms with Crippen LogP contribution in [0.1, 0.15) is 26.6 Å². The number of nitrogens with one attached hydrogen (secondary N) is 1. The number of methoxy groups -OCH3 is 1. The molecule has 5 nitrogen and oxygen atoms in total. The third kappa shape index (κ3) is 4.01. The second kappa shape index (κ2) is 6.84. The van der Waals surface area contributed by atoms with Crippen molar-refractivity contribution < 1.29 is 22.7 Å². The number of alkyl halides is 3. The summed E-state index contributed by atoms with van der Waals surface area (Å²) >= 11 is 1.14. The van der Waals surface area contributed by atoms with Gasteiger partial charge in [-0.25, -0.2) is 4.98 Å². The third-order valence-corrected chi connectivity index (χ3v) is 3.56. The molecule has 0 bridgehead atoms. The number of carbonyl (C=O) groups is 1. The van der Waals surface area contributed by atoms with Gasteiger partial charge in [-0.05, 0) is 17.7 Å². The van der Waals surface area contributed by atoms with Crippen LogP contribution in [-0.4, -0.2) is 23.0 Å². The molecule has 0 radical (unpaired) electrons. The first kappa shape index (κ1) is 16.4. The molecule has 0 atom stereocenters. The van der Waals surface area contributed by atoms with E-state index in [2.05, 4.69) is 15.3 Å². The summed E-state index contributed by atoms with van der Waals surface area (Å²) in [6.07, 6.45) is -3.45. The standard InChI is InChI=1S/C13H12F3N3O2S/c1-21-6-9-11(22-7-19-9)12(20)18-5-8-2-3-17-10(4-8)13(14,15)16/h2-4,7H,5-6H2,1H3,(H,18,20). The van der Waals surface area contributed by atoms with Crippen LogP contribution < -0.4 is 5.32 Å². The number of rotatable bonds is 5. The maximum absolute atomic E-state index is 12.6. The van der Waals surface area contributed by atoms with E-state index in [1.165, 1.54) is 18.7 Å². The van der Waals surface area contributed by atoms with E-state index in [0.717, 1.165) is 23.6 Å². The van der Waals surface area contributed by atoms with Gasteiger partial charge in [-0.2, -0.15) is 13.2 Å². The van der Waals surface area contributed by atoms with E-state index in [1.54, 1.807) is 0 Å². The smallest absolute Gasteiger partial charge is 0.378 e. The summed E-state index contributed by atoms with van der Waals surface area (Å²) in [5.74, 6) is -0.403. The van der Waals surface area contributed by atoms with Gasteiger partial charge in [-0.1, -0.05) is 0 Å². The molecule has 2 rings (SSSR count). The highest BCUT2D eigenvalue weighted by atomic mass is 32.1. The minimum Gasteiger partial charge on any atom is -0.378 e. The number of aromatic nitrogens is 2. The summed E-state index contributed by atoms with van der Waals surface area (Å²) < 4.78 is 42.6. The fraction of sp³-hybridized carbons (Fsp3) is 0.308. The van der Waals surface area contributed by atoms with Gasteiger partial charge in [0.15, 0.2) is 0 Å². The lowest BCUT2D eigenvalue weighted by Crippen LogP contribution is -2.23. The van der Waals surface area contributed by atoms with Crippen molar-refractivity contribution in [1.29, 1.82) is 0 Å². The Kier molecular flexibility index (Phi) is 5.09. The van der Waals surface area contributed by atoms with Crippen LogP contribution in [0.5, 0.6) is 0 Å². The number of nitrogens with zero attached hydrogens (tertiary/aromatic N) is 2. The average molecular weight is 331 g/mol. The number of amides is 1. The minimum absolute atomic E-state index is 0.0330. The predicted octanol–water partition coefficient (Wildman–Crippen LogP) is 2.63. The van der Waals surface area contributed by atoms with Crippen molar-refractivity contribution in [2.75, 3.05) is 7.11 Å². The van der Waals surface area contributed by atoms with Gasteiger partial charge in [0.05, 0.1) is 17.8 Å². The fourth-order valence-electron chi connectivity index (χ4n) is 1.70. The van der Waals surface area contributed by atoms with Gasteiger partial charge in [0.1, 0.15) is 10.6 Å². The average Bonchev–Trinajstić information content (AvgIpc) is 2.93. The molecule has 0 aliphatic carbocycles. The van der Waals surface area contributed by atoms with Crippen molar-refractivity contribution in [1.82, 2.24) is 15.3 Å². The topological polar surface area (TPSA) is 64.1 Å². The molecule has 1 N–H and O–H groups in total. The molecule has 2 aromatic rings. The van der Waals surface area contributed by atoms with Gasteiger partial charge >= 0.3 is 6.18 Å². The molecule has 0 fully saturated rings. The van der Waals surface area contributed by atoms with Gasteiger partial charge in [0.25, 0.3) is 5.91 Å².